The highest BCUT2D eigenvalue weighted by atomic mass is 16.6. The van der Waals surface area contributed by atoms with E-state index in [2.05, 4.69) is 19.2 Å². The van der Waals surface area contributed by atoms with Crippen LogP contribution in [0, 0.1) is 5.92 Å². The molecule has 5 nitrogen and oxygen atoms in total. The summed E-state index contributed by atoms with van der Waals surface area (Å²) < 4.78 is 16.7. The number of hydrogen-bond acceptors (Lipinski definition) is 4. The normalized spacial score (nSPS) is 16.8. The van der Waals surface area contributed by atoms with E-state index in [1.807, 2.05) is 48.5 Å². The van der Waals surface area contributed by atoms with Gasteiger partial charge in [0, 0.05) is 0 Å². The first-order valence-corrected chi connectivity index (χ1v) is 8.89. The maximum atomic E-state index is 12.8. The molecule has 0 unspecified atom stereocenters. The number of nitrogens with one attached hydrogen (secondary N) is 1. The average Bonchev–Trinajstić information content (AvgIpc) is 2.66. The van der Waals surface area contributed by atoms with Crippen LogP contribution in [0.25, 0.3) is 0 Å². The molecule has 3 rings (SSSR count). The van der Waals surface area contributed by atoms with Gasteiger partial charge in [0.2, 0.25) is 6.10 Å². The van der Waals surface area contributed by atoms with Crippen LogP contribution in [0.4, 0.5) is 0 Å². The van der Waals surface area contributed by atoms with Gasteiger partial charge in [-0.15, -0.1) is 0 Å². The minimum atomic E-state index is -0.655. The van der Waals surface area contributed by atoms with E-state index in [1.54, 1.807) is 7.11 Å². The van der Waals surface area contributed by atoms with Crippen LogP contribution in [0.2, 0.25) is 0 Å². The molecule has 0 saturated heterocycles. The molecule has 0 bridgehead atoms. The quantitative estimate of drug-likeness (QED) is 0.858. The van der Waals surface area contributed by atoms with E-state index in [-0.39, 0.29) is 18.6 Å². The average molecular weight is 355 g/mol. The maximum Gasteiger partial charge on any atom is 0.265 e. The summed E-state index contributed by atoms with van der Waals surface area (Å²) >= 11 is 0. The second kappa shape index (κ2) is 8.13. The van der Waals surface area contributed by atoms with Crippen molar-refractivity contribution in [1.29, 1.82) is 0 Å². The lowest BCUT2D eigenvalue weighted by Gasteiger charge is -2.28. The van der Waals surface area contributed by atoms with E-state index in [9.17, 15) is 4.79 Å². The lowest BCUT2D eigenvalue weighted by molar-refractivity contribution is -0.131. The summed E-state index contributed by atoms with van der Waals surface area (Å²) in [6.45, 7) is 4.48. The Bertz CT molecular complexity index is 742. The zero-order valence-electron chi connectivity index (χ0n) is 15.4. The van der Waals surface area contributed by atoms with Gasteiger partial charge in [-0.1, -0.05) is 38.1 Å². The van der Waals surface area contributed by atoms with Crippen LogP contribution < -0.4 is 19.5 Å². The molecule has 2 atom stereocenters. The molecule has 1 amide bonds. The maximum absolute atomic E-state index is 12.8. The molecule has 0 radical (unpaired) electrons. The molecule has 1 heterocycles. The van der Waals surface area contributed by atoms with Crippen molar-refractivity contribution in [2.75, 3.05) is 13.7 Å². The molecule has 2 aromatic rings. The molecule has 138 valence electrons. The minimum Gasteiger partial charge on any atom is -0.497 e. The molecule has 26 heavy (non-hydrogen) atoms. The third-order valence-corrected chi connectivity index (χ3v) is 4.34. The van der Waals surface area contributed by atoms with Crippen molar-refractivity contribution in [2.24, 2.45) is 5.92 Å². The van der Waals surface area contributed by atoms with Crippen LogP contribution in [0.5, 0.6) is 17.2 Å². The van der Waals surface area contributed by atoms with Crippen LogP contribution in [0.15, 0.2) is 48.5 Å². The molecule has 0 spiro atoms. The predicted octanol–water partition coefficient (Wildman–Crippen LogP) is 3.74. The molecule has 1 N–H and O–H groups in total. The van der Waals surface area contributed by atoms with Crippen molar-refractivity contribution >= 4 is 5.91 Å². The van der Waals surface area contributed by atoms with Crippen LogP contribution in [-0.2, 0) is 4.79 Å². The van der Waals surface area contributed by atoms with Gasteiger partial charge in [0.1, 0.15) is 12.4 Å². The van der Waals surface area contributed by atoms with Crippen LogP contribution in [0.1, 0.15) is 31.9 Å². The van der Waals surface area contributed by atoms with Gasteiger partial charge >= 0.3 is 0 Å². The van der Waals surface area contributed by atoms with Crippen LogP contribution >= 0.6 is 0 Å². The van der Waals surface area contributed by atoms with Gasteiger partial charge in [-0.2, -0.15) is 0 Å². The Labute approximate surface area is 154 Å². The molecule has 0 fully saturated rings. The van der Waals surface area contributed by atoms with E-state index in [0.29, 0.717) is 17.4 Å². The fourth-order valence-electron chi connectivity index (χ4n) is 3.00. The molecular weight excluding hydrogens is 330 g/mol. The molecule has 0 aromatic heterocycles. The van der Waals surface area contributed by atoms with Crippen molar-refractivity contribution in [2.45, 2.75) is 32.4 Å². The molecule has 2 aromatic carbocycles. The molecule has 0 aliphatic carbocycles. The van der Waals surface area contributed by atoms with Gasteiger partial charge in [-0.25, -0.2) is 0 Å². The number of para-hydroxylation sites is 2. The minimum absolute atomic E-state index is 0.0887. The Balaban J connectivity index is 1.71. The lowest BCUT2D eigenvalue weighted by atomic mass is 9.96. The van der Waals surface area contributed by atoms with Gasteiger partial charge in [0.15, 0.2) is 11.5 Å². The number of rotatable bonds is 6. The first-order valence-electron chi connectivity index (χ1n) is 8.89. The zero-order valence-corrected chi connectivity index (χ0v) is 15.4. The summed E-state index contributed by atoms with van der Waals surface area (Å²) in [7, 11) is 1.64. The van der Waals surface area contributed by atoms with E-state index in [1.165, 1.54) is 0 Å². The predicted molar refractivity (Wildman–Crippen MR) is 99.7 cm³/mol. The number of ether oxygens (including phenoxy) is 3. The first-order chi connectivity index (χ1) is 12.6. The molecule has 1 aliphatic heterocycles. The third-order valence-electron chi connectivity index (χ3n) is 4.34. The number of carbonyl (C=O) groups is 1. The highest BCUT2D eigenvalue weighted by molar-refractivity contribution is 5.82. The van der Waals surface area contributed by atoms with Crippen LogP contribution in [0.3, 0.4) is 0 Å². The van der Waals surface area contributed by atoms with Gasteiger partial charge in [-0.05, 0) is 42.2 Å². The second-order valence-electron chi connectivity index (χ2n) is 6.83. The second-order valence-corrected chi connectivity index (χ2v) is 6.83. The third kappa shape index (κ3) is 4.28. The standard InChI is InChI=1S/C21H25NO4/c1-14(2)12-17(15-8-10-16(24-3)11-9-15)22-21(23)20-13-25-18-6-4-5-7-19(18)26-20/h4-11,14,17,20H,12-13H2,1-3H3,(H,22,23)/t17-,20+/m0/s1. The molecule has 1 aliphatic rings. The Morgan fingerprint density at radius 1 is 1.15 bits per heavy atom. The fraction of sp³-hybridized carbons (Fsp3) is 0.381. The molecular formula is C21H25NO4. The number of carbonyl (C=O) groups excluding carboxylic acids is 1. The summed E-state index contributed by atoms with van der Waals surface area (Å²) in [5.41, 5.74) is 1.05. The number of hydrogen-bond donors (Lipinski definition) is 1. The topological polar surface area (TPSA) is 56.8 Å². The van der Waals surface area contributed by atoms with E-state index in [4.69, 9.17) is 14.2 Å². The van der Waals surface area contributed by atoms with E-state index < -0.39 is 6.10 Å². The van der Waals surface area contributed by atoms with Gasteiger partial charge in [0.25, 0.3) is 5.91 Å². The largest absolute Gasteiger partial charge is 0.497 e. The van der Waals surface area contributed by atoms with Crippen molar-refractivity contribution < 1.29 is 19.0 Å². The summed E-state index contributed by atoms with van der Waals surface area (Å²) in [5, 5.41) is 3.12. The monoisotopic (exact) mass is 355 g/mol. The van der Waals surface area contributed by atoms with Gasteiger partial charge in [-0.3, -0.25) is 4.79 Å². The van der Waals surface area contributed by atoms with Gasteiger partial charge in [0.05, 0.1) is 13.2 Å². The van der Waals surface area contributed by atoms with Crippen molar-refractivity contribution in [3.05, 3.63) is 54.1 Å². The van der Waals surface area contributed by atoms with Crippen molar-refractivity contribution in [3.8, 4) is 17.2 Å². The Morgan fingerprint density at radius 3 is 2.50 bits per heavy atom. The Hall–Kier alpha value is -2.69. The van der Waals surface area contributed by atoms with Crippen molar-refractivity contribution in [1.82, 2.24) is 5.32 Å². The Morgan fingerprint density at radius 2 is 1.85 bits per heavy atom. The summed E-state index contributed by atoms with van der Waals surface area (Å²) in [5.74, 6) is 2.34. The van der Waals surface area contributed by atoms with Crippen molar-refractivity contribution in [3.63, 3.8) is 0 Å². The summed E-state index contributed by atoms with van der Waals surface area (Å²) in [6.07, 6.45) is 0.181. The molecule has 5 heteroatoms. The summed E-state index contributed by atoms with van der Waals surface area (Å²) in [6, 6.07) is 15.1. The number of fused-ring (bicyclic) bond motifs is 1. The lowest BCUT2D eigenvalue weighted by Crippen LogP contribution is -2.45. The molecule has 0 saturated carbocycles. The smallest absolute Gasteiger partial charge is 0.265 e. The van der Waals surface area contributed by atoms with Crippen LogP contribution in [-0.4, -0.2) is 25.7 Å². The number of amides is 1. The van der Waals surface area contributed by atoms with Gasteiger partial charge < -0.3 is 19.5 Å². The number of benzene rings is 2. The highest BCUT2D eigenvalue weighted by Gasteiger charge is 2.29. The number of methoxy groups -OCH3 is 1. The zero-order chi connectivity index (χ0) is 18.5. The first kappa shape index (κ1) is 18.1. The Kier molecular flexibility index (Phi) is 5.66. The van der Waals surface area contributed by atoms with E-state index in [0.717, 1.165) is 17.7 Å². The summed E-state index contributed by atoms with van der Waals surface area (Å²) in [4.78, 5) is 12.8. The highest BCUT2D eigenvalue weighted by Crippen LogP contribution is 2.31. The fourth-order valence-corrected chi connectivity index (χ4v) is 3.00. The SMILES string of the molecule is COc1ccc([C@H](CC(C)C)NC(=O)[C@H]2COc3ccccc3O2)cc1. The van der Waals surface area contributed by atoms with E-state index >= 15 is 0 Å².